The predicted molar refractivity (Wildman–Crippen MR) is 131 cm³/mol. The van der Waals surface area contributed by atoms with Gasteiger partial charge in [0, 0.05) is 18.2 Å². The molecule has 2 heteroatoms. The zero-order chi connectivity index (χ0) is 22.0. The molecule has 0 aliphatic carbocycles. The van der Waals surface area contributed by atoms with E-state index in [1.807, 2.05) is 6.07 Å². The third-order valence-corrected chi connectivity index (χ3v) is 6.23. The van der Waals surface area contributed by atoms with E-state index in [9.17, 15) is 4.79 Å². The Morgan fingerprint density at radius 1 is 0.867 bits per heavy atom. The second-order valence-electron chi connectivity index (χ2n) is 9.31. The summed E-state index contributed by atoms with van der Waals surface area (Å²) in [5.74, 6) is 0.268. The quantitative estimate of drug-likeness (QED) is 0.347. The van der Waals surface area contributed by atoms with Crippen LogP contribution in [-0.2, 0) is 4.79 Å². The molecule has 0 saturated carbocycles. The second kappa shape index (κ2) is 11.9. The molecule has 2 aromatic carbocycles. The normalized spacial score (nSPS) is 11.7. The summed E-state index contributed by atoms with van der Waals surface area (Å²) in [5, 5.41) is 0. The van der Waals surface area contributed by atoms with Crippen molar-refractivity contribution in [2.24, 2.45) is 5.41 Å². The molecule has 0 atom stereocenters. The lowest BCUT2D eigenvalue weighted by Gasteiger charge is -2.35. The maximum Gasteiger partial charge on any atom is 0.227 e. The minimum Gasteiger partial charge on any atom is -0.309 e. The van der Waals surface area contributed by atoms with Gasteiger partial charge in [0.05, 0.1) is 0 Å². The number of unbranched alkanes of at least 4 members (excludes halogenated alkanes) is 2. The number of rotatable bonds is 12. The molecule has 2 aromatic rings. The number of carbonyl (C=O) groups is 1. The molecule has 0 aliphatic rings. The van der Waals surface area contributed by atoms with Gasteiger partial charge in [-0.3, -0.25) is 4.79 Å². The smallest absolute Gasteiger partial charge is 0.227 e. The van der Waals surface area contributed by atoms with Crippen LogP contribution in [0.3, 0.4) is 0 Å². The average molecular weight is 408 g/mol. The lowest BCUT2D eigenvalue weighted by atomic mass is 9.85. The first-order valence-electron chi connectivity index (χ1n) is 11.9. The Kier molecular flexibility index (Phi) is 9.62. The minimum atomic E-state index is 0.0203. The molecule has 0 radical (unpaired) electrons. The molecule has 0 aromatic heterocycles. The molecule has 0 N–H and O–H groups in total. The molecule has 0 bridgehead atoms. The molecule has 2 rings (SSSR count). The van der Waals surface area contributed by atoms with Gasteiger partial charge in [-0.15, -0.1) is 0 Å². The lowest BCUT2D eigenvalue weighted by molar-refractivity contribution is -0.121. The van der Waals surface area contributed by atoms with E-state index in [1.165, 1.54) is 11.1 Å². The molecule has 1 amide bonds. The molecule has 0 saturated heterocycles. The van der Waals surface area contributed by atoms with Crippen molar-refractivity contribution in [1.29, 1.82) is 0 Å². The van der Waals surface area contributed by atoms with Gasteiger partial charge in [0.25, 0.3) is 0 Å². The van der Waals surface area contributed by atoms with Crippen molar-refractivity contribution in [1.82, 2.24) is 0 Å². The monoisotopic (exact) mass is 407 g/mol. The van der Waals surface area contributed by atoms with Crippen LogP contribution in [0.15, 0.2) is 54.6 Å². The maximum absolute atomic E-state index is 13.7. The Balaban J connectivity index is 2.44. The molecule has 2 nitrogen and oxygen atoms in total. The Bertz CT molecular complexity index is 757. The number of carbonyl (C=O) groups excluding carboxylic acids is 1. The maximum atomic E-state index is 13.7. The molecule has 164 valence electrons. The van der Waals surface area contributed by atoms with E-state index in [0.717, 1.165) is 50.6 Å². The molecule has 0 heterocycles. The van der Waals surface area contributed by atoms with Crippen molar-refractivity contribution >= 4 is 11.6 Å². The summed E-state index contributed by atoms with van der Waals surface area (Å²) >= 11 is 0. The van der Waals surface area contributed by atoms with Gasteiger partial charge in [-0.25, -0.2) is 0 Å². The van der Waals surface area contributed by atoms with Crippen LogP contribution in [0.2, 0.25) is 0 Å². The van der Waals surface area contributed by atoms with Gasteiger partial charge < -0.3 is 4.90 Å². The van der Waals surface area contributed by atoms with Crippen LogP contribution in [0.4, 0.5) is 5.69 Å². The summed E-state index contributed by atoms with van der Waals surface area (Å²) in [6.45, 7) is 11.1. The number of nitrogens with zero attached hydrogens (tertiary/aromatic N) is 1. The Hall–Kier alpha value is -2.09. The number of hydrogen-bond donors (Lipinski definition) is 0. The fourth-order valence-electron chi connectivity index (χ4n) is 3.93. The largest absolute Gasteiger partial charge is 0.309 e. The van der Waals surface area contributed by atoms with E-state index in [-0.39, 0.29) is 17.4 Å². The highest BCUT2D eigenvalue weighted by Crippen LogP contribution is 2.32. The topological polar surface area (TPSA) is 20.3 Å². The van der Waals surface area contributed by atoms with Crippen LogP contribution in [0.5, 0.6) is 0 Å². The summed E-state index contributed by atoms with van der Waals surface area (Å²) in [5.41, 5.74) is 3.43. The Morgan fingerprint density at radius 3 is 2.03 bits per heavy atom. The molecule has 0 spiro atoms. The first-order chi connectivity index (χ1) is 14.4. The lowest BCUT2D eigenvalue weighted by Crippen LogP contribution is -2.42. The number of benzene rings is 2. The molecular formula is C28H41NO. The first-order valence-corrected chi connectivity index (χ1v) is 11.9. The van der Waals surface area contributed by atoms with E-state index in [4.69, 9.17) is 0 Å². The summed E-state index contributed by atoms with van der Waals surface area (Å²) in [7, 11) is 0. The van der Waals surface area contributed by atoms with Gasteiger partial charge in [0.1, 0.15) is 0 Å². The van der Waals surface area contributed by atoms with E-state index >= 15 is 0 Å². The third kappa shape index (κ3) is 7.00. The molecule has 0 aliphatic heterocycles. The van der Waals surface area contributed by atoms with Gasteiger partial charge in [-0.2, -0.15) is 0 Å². The fraction of sp³-hybridized carbons (Fsp3) is 0.536. The summed E-state index contributed by atoms with van der Waals surface area (Å²) in [6, 6.07) is 19.3. The van der Waals surface area contributed by atoms with Crippen molar-refractivity contribution in [2.45, 2.75) is 92.0 Å². The highest BCUT2D eigenvalue weighted by Gasteiger charge is 2.29. The molecule has 0 unspecified atom stereocenters. The Morgan fingerprint density at radius 2 is 1.47 bits per heavy atom. The van der Waals surface area contributed by atoms with Crippen molar-refractivity contribution in [3.05, 3.63) is 54.6 Å². The summed E-state index contributed by atoms with van der Waals surface area (Å²) < 4.78 is 0. The number of anilines is 1. The van der Waals surface area contributed by atoms with Crippen molar-refractivity contribution < 1.29 is 4.79 Å². The summed E-state index contributed by atoms with van der Waals surface area (Å²) in [6.07, 6.45) is 8.39. The third-order valence-electron chi connectivity index (χ3n) is 6.23. The number of amides is 1. The van der Waals surface area contributed by atoms with Gasteiger partial charge in [0.15, 0.2) is 0 Å². The van der Waals surface area contributed by atoms with Gasteiger partial charge in [-0.1, -0.05) is 109 Å². The number of hydrogen-bond acceptors (Lipinski definition) is 1. The zero-order valence-electron chi connectivity index (χ0n) is 19.8. The fourth-order valence-corrected chi connectivity index (χ4v) is 3.93. The molecule has 30 heavy (non-hydrogen) atoms. The van der Waals surface area contributed by atoms with Crippen molar-refractivity contribution in [3.63, 3.8) is 0 Å². The Labute approximate surface area is 184 Å². The van der Waals surface area contributed by atoms with E-state index in [2.05, 4.69) is 88.0 Å². The van der Waals surface area contributed by atoms with Gasteiger partial charge in [-0.05, 0) is 41.5 Å². The standard InChI is InChI=1S/C28H41NO/c1-6-9-18-25(19-10-7-2)29(27(30)22-28(4,5)8-3)26-20-14-17-24(21-26)23-15-12-11-13-16-23/h11-17,20-21,25H,6-10,18-19,22H2,1-5H3. The van der Waals surface area contributed by atoms with Crippen LogP contribution in [0, 0.1) is 5.41 Å². The van der Waals surface area contributed by atoms with Crippen LogP contribution in [0.1, 0.15) is 86.0 Å². The zero-order valence-corrected chi connectivity index (χ0v) is 19.8. The van der Waals surface area contributed by atoms with E-state index in [0.29, 0.717) is 6.42 Å². The highest BCUT2D eigenvalue weighted by molar-refractivity contribution is 5.95. The predicted octanol–water partition coefficient (Wildman–Crippen LogP) is 8.26. The van der Waals surface area contributed by atoms with Crippen LogP contribution in [-0.4, -0.2) is 11.9 Å². The van der Waals surface area contributed by atoms with Gasteiger partial charge in [0.2, 0.25) is 5.91 Å². The van der Waals surface area contributed by atoms with Crippen LogP contribution < -0.4 is 4.90 Å². The first kappa shape index (κ1) is 24.2. The van der Waals surface area contributed by atoms with Crippen LogP contribution in [0.25, 0.3) is 11.1 Å². The average Bonchev–Trinajstić information content (AvgIpc) is 2.76. The van der Waals surface area contributed by atoms with Crippen LogP contribution >= 0.6 is 0 Å². The summed E-state index contributed by atoms with van der Waals surface area (Å²) in [4.78, 5) is 15.8. The van der Waals surface area contributed by atoms with E-state index < -0.39 is 0 Å². The van der Waals surface area contributed by atoms with E-state index in [1.54, 1.807) is 0 Å². The molecular weight excluding hydrogens is 366 g/mol. The van der Waals surface area contributed by atoms with Gasteiger partial charge >= 0.3 is 0 Å². The second-order valence-corrected chi connectivity index (χ2v) is 9.31. The minimum absolute atomic E-state index is 0.0203. The van der Waals surface area contributed by atoms with Crippen molar-refractivity contribution in [2.75, 3.05) is 4.90 Å². The highest BCUT2D eigenvalue weighted by atomic mass is 16.2. The molecule has 0 fully saturated rings. The SMILES string of the molecule is CCCCC(CCCC)N(C(=O)CC(C)(C)CC)c1cccc(-c2ccccc2)c1. The van der Waals surface area contributed by atoms with Crippen molar-refractivity contribution in [3.8, 4) is 11.1 Å².